The fraction of sp³-hybridized carbons (Fsp3) is 0.188. The lowest BCUT2D eigenvalue weighted by Gasteiger charge is -2.13. The first-order valence-corrected chi connectivity index (χ1v) is 8.84. The third-order valence-corrected chi connectivity index (χ3v) is 5.00. The van der Waals surface area contributed by atoms with E-state index < -0.39 is 38.3 Å². The van der Waals surface area contributed by atoms with Gasteiger partial charge in [0.1, 0.15) is 4.90 Å². The van der Waals surface area contributed by atoms with Gasteiger partial charge < -0.3 is 5.32 Å². The topological polar surface area (TPSA) is 75.3 Å². The van der Waals surface area contributed by atoms with Gasteiger partial charge in [0.25, 0.3) is 15.9 Å². The number of hydrogen-bond donors (Lipinski definition) is 2. The summed E-state index contributed by atoms with van der Waals surface area (Å²) in [5, 5.41) is 2.71. The Balaban J connectivity index is 1.94. The van der Waals surface area contributed by atoms with E-state index in [0.29, 0.717) is 12.1 Å². The molecule has 5 nitrogen and oxygen atoms in total. The van der Waals surface area contributed by atoms with Crippen LogP contribution in [0.5, 0.6) is 0 Å². The molecule has 2 aromatic rings. The van der Waals surface area contributed by atoms with Crippen LogP contribution in [0.4, 0.5) is 18.9 Å². The summed E-state index contributed by atoms with van der Waals surface area (Å²) in [6.07, 6.45) is 1.69. The molecule has 0 bridgehead atoms. The molecule has 3 rings (SSSR count). The van der Waals surface area contributed by atoms with Crippen LogP contribution in [0.2, 0.25) is 0 Å². The van der Waals surface area contributed by atoms with Crippen LogP contribution in [0, 0.1) is 17.5 Å². The van der Waals surface area contributed by atoms with Crippen LogP contribution in [0.1, 0.15) is 23.2 Å². The first-order chi connectivity index (χ1) is 11.8. The molecule has 0 aromatic heterocycles. The van der Waals surface area contributed by atoms with Gasteiger partial charge >= 0.3 is 0 Å². The van der Waals surface area contributed by atoms with Crippen molar-refractivity contribution in [3.63, 3.8) is 0 Å². The van der Waals surface area contributed by atoms with Crippen molar-refractivity contribution in [3.05, 3.63) is 59.4 Å². The lowest BCUT2D eigenvalue weighted by atomic mass is 10.1. The first-order valence-electron chi connectivity index (χ1n) is 7.36. The Hall–Kier alpha value is -2.55. The maximum absolute atomic E-state index is 13.8. The molecule has 1 fully saturated rings. The Morgan fingerprint density at radius 2 is 1.68 bits per heavy atom. The fourth-order valence-corrected chi connectivity index (χ4v) is 3.33. The molecule has 2 N–H and O–H groups in total. The molecule has 1 saturated carbocycles. The molecule has 1 amide bonds. The van der Waals surface area contributed by atoms with Gasteiger partial charge in [0, 0.05) is 6.04 Å². The van der Waals surface area contributed by atoms with Crippen LogP contribution in [0.15, 0.2) is 41.3 Å². The van der Waals surface area contributed by atoms with Gasteiger partial charge in [0.05, 0.1) is 11.3 Å². The molecule has 0 unspecified atom stereocenters. The Labute approximate surface area is 141 Å². The van der Waals surface area contributed by atoms with E-state index in [4.69, 9.17) is 0 Å². The number of carbonyl (C=O) groups excluding carboxylic acids is 1. The molecule has 0 radical (unpaired) electrons. The predicted octanol–water partition coefficient (Wildman–Crippen LogP) is 2.80. The van der Waals surface area contributed by atoms with E-state index in [-0.39, 0.29) is 17.3 Å². The highest BCUT2D eigenvalue weighted by molar-refractivity contribution is 7.92. The molecule has 0 aliphatic heterocycles. The third-order valence-electron chi connectivity index (χ3n) is 3.62. The Morgan fingerprint density at radius 1 is 1.00 bits per heavy atom. The molecule has 9 heteroatoms. The second-order valence-electron chi connectivity index (χ2n) is 5.57. The fourth-order valence-electron chi connectivity index (χ4n) is 2.18. The molecule has 25 heavy (non-hydrogen) atoms. The molecular formula is C16H13F3N2O3S. The van der Waals surface area contributed by atoms with Gasteiger partial charge in [-0.2, -0.15) is 0 Å². The minimum atomic E-state index is -4.56. The van der Waals surface area contributed by atoms with E-state index in [0.717, 1.165) is 12.8 Å². The number of para-hydroxylation sites is 1. The number of carbonyl (C=O) groups is 1. The zero-order valence-corrected chi connectivity index (χ0v) is 13.5. The van der Waals surface area contributed by atoms with Crippen molar-refractivity contribution < 1.29 is 26.4 Å². The summed E-state index contributed by atoms with van der Waals surface area (Å²) in [7, 11) is -4.56. The second kappa shape index (κ2) is 6.40. The highest BCUT2D eigenvalue weighted by atomic mass is 32.2. The highest BCUT2D eigenvalue weighted by Crippen LogP contribution is 2.25. The molecule has 2 aromatic carbocycles. The summed E-state index contributed by atoms with van der Waals surface area (Å²) in [6.45, 7) is 0. The maximum Gasteiger partial charge on any atom is 0.264 e. The normalized spacial score (nSPS) is 14.2. The van der Waals surface area contributed by atoms with E-state index in [1.54, 1.807) is 0 Å². The largest absolute Gasteiger partial charge is 0.349 e. The Morgan fingerprint density at radius 3 is 2.36 bits per heavy atom. The molecule has 0 atom stereocenters. The Kier molecular flexibility index (Phi) is 4.42. The van der Waals surface area contributed by atoms with Gasteiger partial charge in [-0.15, -0.1) is 0 Å². The van der Waals surface area contributed by atoms with Crippen molar-refractivity contribution in [1.29, 1.82) is 0 Å². The summed E-state index contributed by atoms with van der Waals surface area (Å²) in [6, 6.07) is 6.92. The number of amides is 1. The van der Waals surface area contributed by atoms with Gasteiger partial charge in [-0.05, 0) is 37.1 Å². The van der Waals surface area contributed by atoms with Crippen molar-refractivity contribution in [2.24, 2.45) is 0 Å². The minimum absolute atomic E-state index is 0.0426. The van der Waals surface area contributed by atoms with E-state index in [1.807, 2.05) is 4.72 Å². The molecule has 0 heterocycles. The van der Waals surface area contributed by atoms with Crippen LogP contribution >= 0.6 is 0 Å². The molecule has 1 aliphatic carbocycles. The van der Waals surface area contributed by atoms with E-state index >= 15 is 0 Å². The van der Waals surface area contributed by atoms with Crippen molar-refractivity contribution in [2.45, 2.75) is 23.8 Å². The van der Waals surface area contributed by atoms with Gasteiger partial charge in [-0.1, -0.05) is 12.1 Å². The minimum Gasteiger partial charge on any atom is -0.349 e. The SMILES string of the molecule is O=C(NC1CC1)c1ccccc1NS(=O)(=O)c1ccc(F)c(F)c1F. The summed E-state index contributed by atoms with van der Waals surface area (Å²) in [4.78, 5) is 11.1. The van der Waals surface area contributed by atoms with Gasteiger partial charge in [-0.3, -0.25) is 9.52 Å². The summed E-state index contributed by atoms with van der Waals surface area (Å²) in [5.41, 5.74) is -0.0502. The monoisotopic (exact) mass is 370 g/mol. The number of sulfonamides is 1. The van der Waals surface area contributed by atoms with E-state index in [2.05, 4.69) is 5.32 Å². The quantitative estimate of drug-likeness (QED) is 0.795. The van der Waals surface area contributed by atoms with Gasteiger partial charge in [-0.25, -0.2) is 21.6 Å². The van der Waals surface area contributed by atoms with Crippen LogP contribution in [0.3, 0.4) is 0 Å². The van der Waals surface area contributed by atoms with Crippen LogP contribution in [-0.2, 0) is 10.0 Å². The molecule has 132 valence electrons. The smallest absolute Gasteiger partial charge is 0.264 e. The molecule has 1 aliphatic rings. The second-order valence-corrected chi connectivity index (χ2v) is 7.22. The van der Waals surface area contributed by atoms with Crippen LogP contribution in [-0.4, -0.2) is 20.4 Å². The standard InChI is InChI=1S/C16H13F3N2O3S/c17-11-7-8-13(15(19)14(11)18)25(23,24)21-12-4-2-1-3-10(12)16(22)20-9-5-6-9/h1-4,7-9,21H,5-6H2,(H,20,22). The van der Waals surface area contributed by atoms with Crippen molar-refractivity contribution in [1.82, 2.24) is 5.32 Å². The van der Waals surface area contributed by atoms with E-state index in [1.165, 1.54) is 24.3 Å². The zero-order valence-electron chi connectivity index (χ0n) is 12.7. The summed E-state index contributed by atoms with van der Waals surface area (Å²) < 4.78 is 66.8. The Bertz CT molecular complexity index is 944. The van der Waals surface area contributed by atoms with Crippen molar-refractivity contribution in [3.8, 4) is 0 Å². The molecule has 0 spiro atoms. The van der Waals surface area contributed by atoms with Gasteiger partial charge in [0.2, 0.25) is 0 Å². The lowest BCUT2D eigenvalue weighted by Crippen LogP contribution is -2.27. The maximum atomic E-state index is 13.8. The highest BCUT2D eigenvalue weighted by Gasteiger charge is 2.27. The van der Waals surface area contributed by atoms with Crippen LogP contribution in [0.25, 0.3) is 0 Å². The number of benzene rings is 2. The third kappa shape index (κ3) is 3.60. The van der Waals surface area contributed by atoms with Gasteiger partial charge in [0.15, 0.2) is 17.5 Å². The summed E-state index contributed by atoms with van der Waals surface area (Å²) in [5.74, 6) is -5.69. The van der Waals surface area contributed by atoms with Crippen molar-refractivity contribution >= 4 is 21.6 Å². The number of hydrogen-bond acceptors (Lipinski definition) is 3. The van der Waals surface area contributed by atoms with E-state index in [9.17, 15) is 26.4 Å². The van der Waals surface area contributed by atoms with Crippen LogP contribution < -0.4 is 10.0 Å². The summed E-state index contributed by atoms with van der Waals surface area (Å²) >= 11 is 0. The average Bonchev–Trinajstić information content (AvgIpc) is 3.36. The average molecular weight is 370 g/mol. The molecule has 0 saturated heterocycles. The molecular weight excluding hydrogens is 357 g/mol. The van der Waals surface area contributed by atoms with Crippen molar-refractivity contribution in [2.75, 3.05) is 4.72 Å². The number of rotatable bonds is 5. The predicted molar refractivity (Wildman–Crippen MR) is 84.1 cm³/mol. The lowest BCUT2D eigenvalue weighted by molar-refractivity contribution is 0.0952. The number of nitrogens with one attached hydrogen (secondary N) is 2. The zero-order chi connectivity index (χ0) is 18.2. The first kappa shape index (κ1) is 17.3. The number of halogens is 3. The number of anilines is 1.